The number of benzene rings is 1. The number of ether oxygens (including phenoxy) is 1. The first-order valence-corrected chi connectivity index (χ1v) is 9.75. The predicted octanol–water partition coefficient (Wildman–Crippen LogP) is 3.52. The zero-order chi connectivity index (χ0) is 18.5. The molecular weight excluding hydrogens is 350 g/mol. The highest BCUT2D eigenvalue weighted by molar-refractivity contribution is 7.98. The molecule has 0 saturated heterocycles. The minimum atomic E-state index is -0.480. The molecule has 1 aliphatic carbocycles. The number of nitriles is 1. The Labute approximate surface area is 155 Å². The molecule has 0 radical (unpaired) electrons. The van der Waals surface area contributed by atoms with Crippen molar-refractivity contribution in [3.63, 3.8) is 0 Å². The minimum Gasteiger partial charge on any atom is -0.426 e. The molecule has 3 rings (SSSR count). The van der Waals surface area contributed by atoms with Crippen molar-refractivity contribution in [2.75, 3.05) is 6.26 Å². The molecule has 2 aromatic rings. The fraction of sp³-hybridized carbons (Fsp3) is 0.368. The van der Waals surface area contributed by atoms with E-state index in [2.05, 4.69) is 9.97 Å². The van der Waals surface area contributed by atoms with E-state index in [0.29, 0.717) is 16.5 Å². The fourth-order valence-corrected chi connectivity index (χ4v) is 3.48. The van der Waals surface area contributed by atoms with Crippen molar-refractivity contribution >= 4 is 17.7 Å². The van der Waals surface area contributed by atoms with Gasteiger partial charge in [-0.05, 0) is 31.2 Å². The van der Waals surface area contributed by atoms with Gasteiger partial charge in [0.15, 0.2) is 5.16 Å². The van der Waals surface area contributed by atoms with E-state index in [0.717, 1.165) is 25.7 Å². The van der Waals surface area contributed by atoms with E-state index in [1.165, 1.54) is 18.2 Å². The van der Waals surface area contributed by atoms with Crippen molar-refractivity contribution in [3.8, 4) is 23.1 Å². The summed E-state index contributed by atoms with van der Waals surface area (Å²) in [5, 5.41) is 9.73. The first-order chi connectivity index (χ1) is 12.6. The molecule has 1 aromatic carbocycles. The molecule has 0 spiro atoms. The molecule has 7 heteroatoms. The van der Waals surface area contributed by atoms with Crippen LogP contribution in [0.3, 0.4) is 0 Å². The summed E-state index contributed by atoms with van der Waals surface area (Å²) in [5.41, 5.74) is 0.318. The van der Waals surface area contributed by atoms with Crippen LogP contribution in [-0.4, -0.2) is 22.2 Å². The largest absolute Gasteiger partial charge is 0.426 e. The van der Waals surface area contributed by atoms with Crippen molar-refractivity contribution in [2.45, 2.75) is 37.3 Å². The maximum absolute atomic E-state index is 12.3. The number of thioether (sulfide) groups is 1. The Morgan fingerprint density at radius 3 is 2.81 bits per heavy atom. The van der Waals surface area contributed by atoms with Crippen LogP contribution in [0.5, 0.6) is 5.75 Å². The van der Waals surface area contributed by atoms with Gasteiger partial charge in [-0.1, -0.05) is 43.2 Å². The first kappa shape index (κ1) is 18.2. The number of rotatable bonds is 4. The van der Waals surface area contributed by atoms with Crippen LogP contribution < -0.4 is 10.3 Å². The van der Waals surface area contributed by atoms with E-state index in [9.17, 15) is 14.9 Å². The fourth-order valence-electron chi connectivity index (χ4n) is 3.11. The minimum absolute atomic E-state index is 0.0529. The zero-order valence-electron chi connectivity index (χ0n) is 14.4. The zero-order valence-corrected chi connectivity index (χ0v) is 15.3. The number of carbonyl (C=O) groups is 1. The quantitative estimate of drug-likeness (QED) is 0.383. The first-order valence-electron chi connectivity index (χ1n) is 8.53. The third-order valence-electron chi connectivity index (χ3n) is 4.47. The van der Waals surface area contributed by atoms with Gasteiger partial charge in [-0.3, -0.25) is 9.59 Å². The van der Waals surface area contributed by atoms with Gasteiger partial charge in [0, 0.05) is 5.56 Å². The van der Waals surface area contributed by atoms with Crippen LogP contribution in [0.25, 0.3) is 11.3 Å². The molecule has 0 amide bonds. The van der Waals surface area contributed by atoms with Gasteiger partial charge in [0.1, 0.15) is 17.4 Å². The van der Waals surface area contributed by atoms with Crippen molar-refractivity contribution in [2.24, 2.45) is 5.92 Å². The molecule has 6 nitrogen and oxygen atoms in total. The maximum Gasteiger partial charge on any atom is 0.314 e. The standard InChI is InChI=1S/C19H19N3O3S/c1-26-19-21-16(15(11-20)17(23)22-19)13-8-5-9-14(10-13)25-18(24)12-6-3-2-4-7-12/h5,8-10,12H,2-4,6-7H2,1H3,(H,21,22,23). The second-order valence-electron chi connectivity index (χ2n) is 6.19. The van der Waals surface area contributed by atoms with Crippen molar-refractivity contribution in [1.82, 2.24) is 9.97 Å². The summed E-state index contributed by atoms with van der Waals surface area (Å²) in [5.74, 6) is 0.128. The van der Waals surface area contributed by atoms with E-state index in [1.807, 2.05) is 6.07 Å². The molecule has 26 heavy (non-hydrogen) atoms. The average molecular weight is 369 g/mol. The summed E-state index contributed by atoms with van der Waals surface area (Å²) in [6, 6.07) is 8.71. The normalized spacial score (nSPS) is 14.6. The molecule has 1 saturated carbocycles. The lowest BCUT2D eigenvalue weighted by molar-refractivity contribution is -0.139. The van der Waals surface area contributed by atoms with E-state index in [1.54, 1.807) is 30.5 Å². The summed E-state index contributed by atoms with van der Waals surface area (Å²) in [7, 11) is 0. The molecule has 134 valence electrons. The molecule has 0 atom stereocenters. The van der Waals surface area contributed by atoms with Gasteiger partial charge in [0.2, 0.25) is 0 Å². The highest BCUT2D eigenvalue weighted by Crippen LogP contribution is 2.28. The summed E-state index contributed by atoms with van der Waals surface area (Å²) in [4.78, 5) is 31.3. The number of esters is 1. The number of aromatic amines is 1. The Balaban J connectivity index is 1.90. The van der Waals surface area contributed by atoms with Crippen LogP contribution in [0.4, 0.5) is 0 Å². The number of nitrogens with one attached hydrogen (secondary N) is 1. The molecule has 0 unspecified atom stereocenters. The summed E-state index contributed by atoms with van der Waals surface area (Å²) in [6.45, 7) is 0. The third-order valence-corrected chi connectivity index (χ3v) is 5.05. The molecule has 1 aromatic heterocycles. The topological polar surface area (TPSA) is 95.8 Å². The van der Waals surface area contributed by atoms with Gasteiger partial charge >= 0.3 is 5.97 Å². The lowest BCUT2D eigenvalue weighted by atomic mass is 9.89. The molecule has 1 fully saturated rings. The van der Waals surface area contributed by atoms with Gasteiger partial charge in [0.05, 0.1) is 11.6 Å². The van der Waals surface area contributed by atoms with Crippen molar-refractivity contribution < 1.29 is 9.53 Å². The lowest BCUT2D eigenvalue weighted by Crippen LogP contribution is -2.22. The van der Waals surface area contributed by atoms with Crippen LogP contribution >= 0.6 is 11.8 Å². The molecule has 1 N–H and O–H groups in total. The Morgan fingerprint density at radius 2 is 2.12 bits per heavy atom. The smallest absolute Gasteiger partial charge is 0.314 e. The Kier molecular flexibility index (Phi) is 5.74. The number of hydrogen-bond donors (Lipinski definition) is 1. The van der Waals surface area contributed by atoms with Gasteiger partial charge in [-0.15, -0.1) is 0 Å². The van der Waals surface area contributed by atoms with E-state index in [4.69, 9.17) is 4.74 Å². The van der Waals surface area contributed by atoms with Crippen LogP contribution in [0.2, 0.25) is 0 Å². The molecule has 0 aliphatic heterocycles. The maximum atomic E-state index is 12.3. The van der Waals surface area contributed by atoms with Crippen LogP contribution in [-0.2, 0) is 4.79 Å². The Morgan fingerprint density at radius 1 is 1.35 bits per heavy atom. The van der Waals surface area contributed by atoms with Gasteiger partial charge in [-0.25, -0.2) is 4.98 Å². The SMILES string of the molecule is CSc1nc(-c2cccc(OC(=O)C3CCCCC3)c2)c(C#N)c(=O)[nH]1. The summed E-state index contributed by atoms with van der Waals surface area (Å²) in [6.07, 6.45) is 6.80. The van der Waals surface area contributed by atoms with Gasteiger partial charge in [-0.2, -0.15) is 5.26 Å². The average Bonchev–Trinajstić information content (AvgIpc) is 2.68. The van der Waals surface area contributed by atoms with Gasteiger partial charge in [0.25, 0.3) is 5.56 Å². The Bertz CT molecular complexity index is 911. The number of nitrogens with zero attached hydrogens (tertiary/aromatic N) is 2. The second kappa shape index (κ2) is 8.19. The van der Waals surface area contributed by atoms with E-state index in [-0.39, 0.29) is 23.1 Å². The van der Waals surface area contributed by atoms with E-state index < -0.39 is 5.56 Å². The number of hydrogen-bond acceptors (Lipinski definition) is 6. The highest BCUT2D eigenvalue weighted by atomic mass is 32.2. The van der Waals surface area contributed by atoms with Crippen LogP contribution in [0.1, 0.15) is 37.7 Å². The van der Waals surface area contributed by atoms with E-state index >= 15 is 0 Å². The predicted molar refractivity (Wildman–Crippen MR) is 99.0 cm³/mol. The molecule has 1 heterocycles. The molecule has 1 aliphatic rings. The van der Waals surface area contributed by atoms with Gasteiger partial charge < -0.3 is 9.72 Å². The third kappa shape index (κ3) is 3.97. The van der Waals surface area contributed by atoms with Crippen molar-refractivity contribution in [1.29, 1.82) is 5.26 Å². The Hall–Kier alpha value is -2.59. The number of carbonyl (C=O) groups excluding carboxylic acids is 1. The summed E-state index contributed by atoms with van der Waals surface area (Å²) < 4.78 is 5.54. The molecular formula is C19H19N3O3S. The number of H-pyrrole nitrogens is 1. The highest BCUT2D eigenvalue weighted by Gasteiger charge is 2.23. The summed E-state index contributed by atoms with van der Waals surface area (Å²) >= 11 is 1.28. The monoisotopic (exact) mass is 369 g/mol. The van der Waals surface area contributed by atoms with Crippen LogP contribution in [0, 0.1) is 17.2 Å². The molecule has 0 bridgehead atoms. The van der Waals surface area contributed by atoms with Crippen molar-refractivity contribution in [3.05, 3.63) is 40.2 Å². The number of aromatic nitrogens is 2. The second-order valence-corrected chi connectivity index (χ2v) is 6.99. The van der Waals surface area contributed by atoms with Crippen LogP contribution in [0.15, 0.2) is 34.2 Å². The lowest BCUT2D eigenvalue weighted by Gasteiger charge is -2.19.